The van der Waals surface area contributed by atoms with Crippen molar-refractivity contribution in [3.63, 3.8) is 0 Å². The number of ether oxygens (including phenoxy) is 1. The number of nitrogens with two attached hydrogens (primary N) is 1. The van der Waals surface area contributed by atoms with E-state index in [-0.39, 0.29) is 12.0 Å². The Morgan fingerprint density at radius 3 is 2.92 bits per heavy atom. The standard InChI is InChI=1S/C17H19N5O2/c18-8-6-15(12-7-9-24-11-12)22-10-14(16(19)23)17(21-22)20-13-4-2-1-3-5-13/h1-5,10,12,15H,6-7,9,11H2,(H2,19,23)(H,20,21). The van der Waals surface area contributed by atoms with E-state index in [9.17, 15) is 4.79 Å². The first-order valence-corrected chi connectivity index (χ1v) is 7.84. The van der Waals surface area contributed by atoms with Gasteiger partial charge in [-0.3, -0.25) is 9.48 Å². The summed E-state index contributed by atoms with van der Waals surface area (Å²) >= 11 is 0. The molecule has 0 radical (unpaired) electrons. The quantitative estimate of drug-likeness (QED) is 0.847. The zero-order valence-corrected chi connectivity index (χ0v) is 13.2. The lowest BCUT2D eigenvalue weighted by atomic mass is 9.97. The Balaban J connectivity index is 1.92. The van der Waals surface area contributed by atoms with Gasteiger partial charge in [-0.15, -0.1) is 0 Å². The van der Waals surface area contributed by atoms with E-state index in [4.69, 9.17) is 15.7 Å². The van der Waals surface area contributed by atoms with Crippen molar-refractivity contribution in [1.82, 2.24) is 9.78 Å². The molecule has 1 saturated heterocycles. The van der Waals surface area contributed by atoms with Crippen LogP contribution in [0.5, 0.6) is 0 Å². The number of nitrogens with zero attached hydrogens (tertiary/aromatic N) is 3. The third-order valence-corrected chi connectivity index (χ3v) is 4.18. The molecule has 1 aromatic carbocycles. The summed E-state index contributed by atoms with van der Waals surface area (Å²) in [6, 6.07) is 11.5. The summed E-state index contributed by atoms with van der Waals surface area (Å²) in [6.07, 6.45) is 2.80. The summed E-state index contributed by atoms with van der Waals surface area (Å²) in [4.78, 5) is 11.8. The fraction of sp³-hybridized carbons (Fsp3) is 0.353. The van der Waals surface area contributed by atoms with Crippen molar-refractivity contribution in [3.05, 3.63) is 42.1 Å². The van der Waals surface area contributed by atoms with Crippen LogP contribution in [0, 0.1) is 17.2 Å². The van der Waals surface area contributed by atoms with E-state index >= 15 is 0 Å². The first kappa shape index (κ1) is 16.0. The van der Waals surface area contributed by atoms with Gasteiger partial charge in [0.25, 0.3) is 5.91 Å². The number of anilines is 2. The lowest BCUT2D eigenvalue weighted by Crippen LogP contribution is -2.20. The molecule has 2 atom stereocenters. The second kappa shape index (κ2) is 7.15. The molecule has 1 amide bonds. The van der Waals surface area contributed by atoms with Crippen LogP contribution in [0.2, 0.25) is 0 Å². The minimum absolute atomic E-state index is 0.137. The van der Waals surface area contributed by atoms with E-state index in [0.29, 0.717) is 31.0 Å². The van der Waals surface area contributed by atoms with Crippen molar-refractivity contribution in [2.75, 3.05) is 18.5 Å². The van der Waals surface area contributed by atoms with Crippen LogP contribution < -0.4 is 11.1 Å². The minimum atomic E-state index is -0.557. The van der Waals surface area contributed by atoms with E-state index in [2.05, 4.69) is 16.5 Å². The average Bonchev–Trinajstić information content (AvgIpc) is 3.23. The maximum absolute atomic E-state index is 11.8. The number of primary amides is 1. The van der Waals surface area contributed by atoms with Gasteiger partial charge in [-0.25, -0.2) is 0 Å². The van der Waals surface area contributed by atoms with Crippen molar-refractivity contribution in [3.8, 4) is 6.07 Å². The Bertz CT molecular complexity index is 744. The number of nitriles is 1. The molecule has 1 aliphatic rings. The van der Waals surface area contributed by atoms with Crippen LogP contribution in [-0.2, 0) is 4.74 Å². The van der Waals surface area contributed by atoms with Gasteiger partial charge in [0.1, 0.15) is 5.56 Å². The van der Waals surface area contributed by atoms with Crippen LogP contribution in [0.1, 0.15) is 29.2 Å². The van der Waals surface area contributed by atoms with E-state index in [1.54, 1.807) is 10.9 Å². The van der Waals surface area contributed by atoms with Crippen molar-refractivity contribution in [2.45, 2.75) is 18.9 Å². The first-order chi connectivity index (χ1) is 11.7. The van der Waals surface area contributed by atoms with Gasteiger partial charge in [-0.1, -0.05) is 18.2 Å². The molecule has 0 aliphatic carbocycles. The van der Waals surface area contributed by atoms with Crippen LogP contribution in [0.4, 0.5) is 11.5 Å². The van der Waals surface area contributed by atoms with Gasteiger partial charge < -0.3 is 15.8 Å². The molecule has 7 nitrogen and oxygen atoms in total. The Labute approximate surface area is 140 Å². The molecule has 0 spiro atoms. The van der Waals surface area contributed by atoms with E-state index in [1.807, 2.05) is 30.3 Å². The third kappa shape index (κ3) is 3.39. The van der Waals surface area contributed by atoms with Crippen LogP contribution in [0.25, 0.3) is 0 Å². The van der Waals surface area contributed by atoms with E-state index < -0.39 is 5.91 Å². The third-order valence-electron chi connectivity index (χ3n) is 4.18. The molecule has 2 unspecified atom stereocenters. The summed E-state index contributed by atoms with van der Waals surface area (Å²) in [6.45, 7) is 1.28. The highest BCUT2D eigenvalue weighted by molar-refractivity contribution is 5.98. The molecule has 124 valence electrons. The topological polar surface area (TPSA) is 106 Å². The second-order valence-corrected chi connectivity index (χ2v) is 5.78. The second-order valence-electron chi connectivity index (χ2n) is 5.78. The van der Waals surface area contributed by atoms with Gasteiger partial charge in [0.2, 0.25) is 0 Å². The summed E-state index contributed by atoms with van der Waals surface area (Å²) in [5.74, 6) is 0.0449. The fourth-order valence-electron chi connectivity index (χ4n) is 2.92. The molecule has 2 aromatic rings. The van der Waals surface area contributed by atoms with Gasteiger partial charge in [0.05, 0.1) is 25.1 Å². The summed E-state index contributed by atoms with van der Waals surface area (Å²) in [7, 11) is 0. The SMILES string of the molecule is N#CCC(C1CCOC1)n1cc(C(N)=O)c(Nc2ccccc2)n1. The molecule has 7 heteroatoms. The number of hydrogen-bond donors (Lipinski definition) is 2. The van der Waals surface area contributed by atoms with Crippen LogP contribution in [0.15, 0.2) is 36.5 Å². The summed E-state index contributed by atoms with van der Waals surface area (Å²) in [5, 5.41) is 16.7. The van der Waals surface area contributed by atoms with Gasteiger partial charge in [0.15, 0.2) is 5.82 Å². The van der Waals surface area contributed by atoms with Gasteiger partial charge in [0, 0.05) is 24.4 Å². The predicted molar refractivity (Wildman–Crippen MR) is 88.7 cm³/mol. The Morgan fingerprint density at radius 2 is 2.29 bits per heavy atom. The fourth-order valence-corrected chi connectivity index (χ4v) is 2.92. The number of benzene rings is 1. The molecule has 2 heterocycles. The van der Waals surface area contributed by atoms with Crippen LogP contribution in [-0.4, -0.2) is 28.9 Å². The molecule has 1 aromatic heterocycles. The lowest BCUT2D eigenvalue weighted by molar-refractivity contribution is 0.100. The predicted octanol–water partition coefficient (Wildman–Crippen LogP) is 2.22. The number of carbonyl (C=O) groups is 1. The lowest BCUT2D eigenvalue weighted by Gasteiger charge is -2.20. The van der Waals surface area contributed by atoms with Gasteiger partial charge >= 0.3 is 0 Å². The molecule has 0 bridgehead atoms. The molecule has 3 rings (SSSR count). The molecular weight excluding hydrogens is 306 g/mol. The van der Waals surface area contributed by atoms with Gasteiger partial charge in [-0.2, -0.15) is 10.4 Å². The maximum Gasteiger partial charge on any atom is 0.254 e. The average molecular weight is 325 g/mol. The molecular formula is C17H19N5O2. The zero-order valence-electron chi connectivity index (χ0n) is 13.2. The number of aromatic nitrogens is 2. The number of amides is 1. The first-order valence-electron chi connectivity index (χ1n) is 7.84. The molecule has 3 N–H and O–H groups in total. The van der Waals surface area contributed by atoms with Crippen molar-refractivity contribution in [2.24, 2.45) is 11.7 Å². The van der Waals surface area contributed by atoms with Crippen molar-refractivity contribution in [1.29, 1.82) is 5.26 Å². The maximum atomic E-state index is 11.8. The van der Waals surface area contributed by atoms with Crippen molar-refractivity contribution < 1.29 is 9.53 Å². The number of para-hydroxylation sites is 1. The number of hydrogen-bond acceptors (Lipinski definition) is 5. The highest BCUT2D eigenvalue weighted by Crippen LogP contribution is 2.30. The number of rotatable bonds is 6. The number of nitrogens with one attached hydrogen (secondary N) is 1. The number of carbonyl (C=O) groups excluding carboxylic acids is 1. The Hall–Kier alpha value is -2.85. The highest BCUT2D eigenvalue weighted by atomic mass is 16.5. The van der Waals surface area contributed by atoms with Crippen molar-refractivity contribution >= 4 is 17.4 Å². The Kier molecular flexibility index (Phi) is 4.77. The summed E-state index contributed by atoms with van der Waals surface area (Å²) in [5.41, 5.74) is 6.60. The molecule has 1 aliphatic heterocycles. The van der Waals surface area contributed by atoms with E-state index in [1.165, 1.54) is 0 Å². The highest BCUT2D eigenvalue weighted by Gasteiger charge is 2.29. The van der Waals surface area contributed by atoms with Gasteiger partial charge in [-0.05, 0) is 18.6 Å². The molecule has 1 fully saturated rings. The smallest absolute Gasteiger partial charge is 0.254 e. The van der Waals surface area contributed by atoms with Crippen LogP contribution in [0.3, 0.4) is 0 Å². The van der Waals surface area contributed by atoms with Crippen LogP contribution >= 0.6 is 0 Å². The summed E-state index contributed by atoms with van der Waals surface area (Å²) < 4.78 is 7.10. The normalized spacial score (nSPS) is 18.0. The Morgan fingerprint density at radius 1 is 1.50 bits per heavy atom. The monoisotopic (exact) mass is 325 g/mol. The molecule has 24 heavy (non-hydrogen) atoms. The molecule has 0 saturated carbocycles. The van der Waals surface area contributed by atoms with E-state index in [0.717, 1.165) is 12.1 Å². The zero-order chi connectivity index (χ0) is 16.9. The minimum Gasteiger partial charge on any atom is -0.381 e. The largest absolute Gasteiger partial charge is 0.381 e.